The van der Waals surface area contributed by atoms with Crippen LogP contribution in [0, 0.1) is 0 Å². The van der Waals surface area contributed by atoms with Gasteiger partial charge in [-0.2, -0.15) is 0 Å². The van der Waals surface area contributed by atoms with Crippen molar-refractivity contribution in [1.29, 1.82) is 0 Å². The Morgan fingerprint density at radius 3 is 2.93 bits per heavy atom. The fraction of sp³-hybridized carbons (Fsp3) is 0.364. The highest BCUT2D eigenvalue weighted by molar-refractivity contribution is 5.95. The van der Waals surface area contributed by atoms with Crippen LogP contribution < -0.4 is 9.47 Å². The summed E-state index contributed by atoms with van der Waals surface area (Å²) in [6.45, 7) is 2.20. The van der Waals surface area contributed by atoms with Gasteiger partial charge in [0.2, 0.25) is 0 Å². The van der Waals surface area contributed by atoms with Crippen LogP contribution in [0.1, 0.15) is 22.8 Å². The molecule has 15 heavy (non-hydrogen) atoms. The molecule has 0 amide bonds. The average molecular weight is 208 g/mol. The molecule has 0 spiro atoms. The maximum Gasteiger partial charge on any atom is 0.189 e. The second-order valence-electron chi connectivity index (χ2n) is 3.33. The minimum Gasteiger partial charge on any atom is -0.493 e. The van der Waals surface area contributed by atoms with Crippen molar-refractivity contribution in [2.45, 2.75) is 13.5 Å². The molecule has 0 N–H and O–H groups in total. The Labute approximate surface area is 87.8 Å². The van der Waals surface area contributed by atoms with E-state index in [0.29, 0.717) is 23.7 Å². The van der Waals surface area contributed by atoms with Crippen molar-refractivity contribution in [1.82, 2.24) is 0 Å². The number of hydrogen-bond donors (Lipinski definition) is 0. The number of methoxy groups -OCH3 is 1. The smallest absolute Gasteiger partial charge is 0.189 e. The van der Waals surface area contributed by atoms with E-state index in [0.717, 1.165) is 5.56 Å². The van der Waals surface area contributed by atoms with E-state index in [1.165, 1.54) is 6.92 Å². The summed E-state index contributed by atoms with van der Waals surface area (Å²) in [7, 11) is 1.55. The predicted octanol–water partition coefficient (Wildman–Crippen LogP) is 1.76. The summed E-state index contributed by atoms with van der Waals surface area (Å²) in [6, 6.07) is 3.46. The summed E-state index contributed by atoms with van der Waals surface area (Å²) >= 11 is 0. The van der Waals surface area contributed by atoms with E-state index in [-0.39, 0.29) is 12.6 Å². The molecule has 1 aromatic rings. The van der Waals surface area contributed by atoms with Gasteiger partial charge < -0.3 is 14.2 Å². The number of hydrogen-bond acceptors (Lipinski definition) is 4. The molecule has 1 heterocycles. The Hall–Kier alpha value is -1.55. The number of carbonyl (C=O) groups excluding carboxylic acids is 1. The quantitative estimate of drug-likeness (QED) is 0.695. The first-order valence-electron chi connectivity index (χ1n) is 4.64. The number of fused-ring (bicyclic) bond motifs is 1. The average Bonchev–Trinajstić information content (AvgIpc) is 2.27. The second kappa shape index (κ2) is 3.90. The molecule has 0 unspecified atom stereocenters. The van der Waals surface area contributed by atoms with Crippen molar-refractivity contribution in [2.75, 3.05) is 13.9 Å². The minimum atomic E-state index is 0.00155. The molecular formula is C11H12O4. The molecule has 1 aromatic carbocycles. The van der Waals surface area contributed by atoms with E-state index in [2.05, 4.69) is 0 Å². The number of Topliss-reactive ketones (excluding diaryl/α,β-unsaturated/α-hetero) is 1. The van der Waals surface area contributed by atoms with Crippen molar-refractivity contribution in [3.63, 3.8) is 0 Å². The van der Waals surface area contributed by atoms with Crippen molar-refractivity contribution in [3.05, 3.63) is 23.3 Å². The Balaban J connectivity index is 2.52. The fourth-order valence-corrected chi connectivity index (χ4v) is 1.54. The third kappa shape index (κ3) is 1.80. The van der Waals surface area contributed by atoms with Crippen LogP contribution in [0.4, 0.5) is 0 Å². The van der Waals surface area contributed by atoms with Crippen LogP contribution in [0.25, 0.3) is 0 Å². The van der Waals surface area contributed by atoms with Gasteiger partial charge in [0.05, 0.1) is 13.7 Å². The molecule has 0 atom stereocenters. The first-order valence-corrected chi connectivity index (χ1v) is 4.64. The van der Waals surface area contributed by atoms with Crippen molar-refractivity contribution >= 4 is 5.78 Å². The summed E-state index contributed by atoms with van der Waals surface area (Å²) in [6.07, 6.45) is 0. The summed E-state index contributed by atoms with van der Waals surface area (Å²) < 4.78 is 15.6. The van der Waals surface area contributed by atoms with E-state index in [1.807, 2.05) is 0 Å². The molecular weight excluding hydrogens is 196 g/mol. The predicted molar refractivity (Wildman–Crippen MR) is 53.3 cm³/mol. The first-order chi connectivity index (χ1) is 7.22. The molecule has 0 bridgehead atoms. The van der Waals surface area contributed by atoms with Gasteiger partial charge in [0, 0.05) is 11.1 Å². The van der Waals surface area contributed by atoms with E-state index in [4.69, 9.17) is 14.2 Å². The number of ketones is 1. The monoisotopic (exact) mass is 208 g/mol. The van der Waals surface area contributed by atoms with Crippen LogP contribution >= 0.6 is 0 Å². The maximum atomic E-state index is 11.3. The van der Waals surface area contributed by atoms with Crippen molar-refractivity contribution in [3.8, 4) is 11.5 Å². The topological polar surface area (TPSA) is 44.8 Å². The molecule has 4 nitrogen and oxygen atoms in total. The lowest BCUT2D eigenvalue weighted by molar-refractivity contribution is -0.0180. The SMILES string of the molecule is COc1cc(C(C)=O)cc2c1OCOC2. The number of carbonyl (C=O) groups is 1. The van der Waals surface area contributed by atoms with Crippen LogP contribution in [0.3, 0.4) is 0 Å². The van der Waals surface area contributed by atoms with Gasteiger partial charge in [0.25, 0.3) is 0 Å². The standard InChI is InChI=1S/C11H12O4/c1-7(12)8-3-9-5-14-6-15-11(9)10(4-8)13-2/h3-4H,5-6H2,1-2H3. The van der Waals surface area contributed by atoms with Crippen LogP contribution in [0.15, 0.2) is 12.1 Å². The molecule has 1 aliphatic heterocycles. The normalized spacial score (nSPS) is 14.0. The molecule has 0 saturated heterocycles. The van der Waals surface area contributed by atoms with Crippen molar-refractivity contribution < 1.29 is 19.0 Å². The number of ether oxygens (including phenoxy) is 3. The van der Waals surface area contributed by atoms with E-state index >= 15 is 0 Å². The lowest BCUT2D eigenvalue weighted by Crippen LogP contribution is -2.13. The van der Waals surface area contributed by atoms with Gasteiger partial charge in [-0.3, -0.25) is 4.79 Å². The van der Waals surface area contributed by atoms with E-state index < -0.39 is 0 Å². The Kier molecular flexibility index (Phi) is 2.60. The Morgan fingerprint density at radius 1 is 1.47 bits per heavy atom. The highest BCUT2D eigenvalue weighted by Crippen LogP contribution is 2.35. The zero-order chi connectivity index (χ0) is 10.8. The second-order valence-corrected chi connectivity index (χ2v) is 3.33. The fourth-order valence-electron chi connectivity index (χ4n) is 1.54. The van der Waals surface area contributed by atoms with Gasteiger partial charge in [0.15, 0.2) is 24.1 Å². The third-order valence-corrected chi connectivity index (χ3v) is 2.30. The van der Waals surface area contributed by atoms with Gasteiger partial charge in [0.1, 0.15) is 0 Å². The van der Waals surface area contributed by atoms with Crippen molar-refractivity contribution in [2.24, 2.45) is 0 Å². The molecule has 80 valence electrons. The largest absolute Gasteiger partial charge is 0.493 e. The third-order valence-electron chi connectivity index (χ3n) is 2.30. The van der Waals surface area contributed by atoms with Crippen LogP contribution in [-0.4, -0.2) is 19.7 Å². The van der Waals surface area contributed by atoms with Gasteiger partial charge in [-0.1, -0.05) is 0 Å². The molecule has 0 aliphatic carbocycles. The summed E-state index contributed by atoms with van der Waals surface area (Å²) in [5.74, 6) is 1.26. The molecule has 4 heteroatoms. The number of benzene rings is 1. The van der Waals surface area contributed by atoms with Gasteiger partial charge in [-0.05, 0) is 19.1 Å². The first kappa shape index (κ1) is 9.98. The highest BCUT2D eigenvalue weighted by Gasteiger charge is 2.18. The summed E-state index contributed by atoms with van der Waals surface area (Å²) in [5.41, 5.74) is 1.46. The zero-order valence-electron chi connectivity index (χ0n) is 8.70. The Morgan fingerprint density at radius 2 is 2.27 bits per heavy atom. The van der Waals surface area contributed by atoms with Crippen LogP contribution in [0.5, 0.6) is 11.5 Å². The molecule has 0 aromatic heterocycles. The van der Waals surface area contributed by atoms with Gasteiger partial charge >= 0.3 is 0 Å². The van der Waals surface area contributed by atoms with Gasteiger partial charge in [-0.15, -0.1) is 0 Å². The molecule has 0 fully saturated rings. The minimum absolute atomic E-state index is 0.00155. The molecule has 2 rings (SSSR count). The highest BCUT2D eigenvalue weighted by atomic mass is 16.7. The number of rotatable bonds is 2. The molecule has 1 aliphatic rings. The zero-order valence-corrected chi connectivity index (χ0v) is 8.70. The lowest BCUT2D eigenvalue weighted by atomic mass is 10.1. The molecule has 0 radical (unpaired) electrons. The summed E-state index contributed by atoms with van der Waals surface area (Å²) in [4.78, 5) is 11.3. The van der Waals surface area contributed by atoms with E-state index in [1.54, 1.807) is 19.2 Å². The molecule has 0 saturated carbocycles. The lowest BCUT2D eigenvalue weighted by Gasteiger charge is -2.20. The Bertz CT molecular complexity index is 381. The van der Waals surface area contributed by atoms with Crippen LogP contribution in [-0.2, 0) is 11.3 Å². The van der Waals surface area contributed by atoms with Crippen LogP contribution in [0.2, 0.25) is 0 Å². The van der Waals surface area contributed by atoms with Gasteiger partial charge in [-0.25, -0.2) is 0 Å². The summed E-state index contributed by atoms with van der Waals surface area (Å²) in [5, 5.41) is 0. The maximum absolute atomic E-state index is 11.3. The van der Waals surface area contributed by atoms with E-state index in [9.17, 15) is 4.79 Å².